The Balaban J connectivity index is 2.32. The number of nitrogens with two attached hydrogens (primary N) is 1. The van der Waals surface area contributed by atoms with E-state index in [0.717, 1.165) is 22.4 Å². The van der Waals surface area contributed by atoms with Gasteiger partial charge in [0.05, 0.1) is 0 Å². The number of aryl methyl sites for hydroxylation is 1. The van der Waals surface area contributed by atoms with Crippen molar-refractivity contribution in [1.29, 1.82) is 0 Å². The van der Waals surface area contributed by atoms with Gasteiger partial charge in [-0.2, -0.15) is 0 Å². The van der Waals surface area contributed by atoms with Crippen molar-refractivity contribution in [2.45, 2.75) is 32.4 Å². The fraction of sp³-hybridized carbons (Fsp3) is 0.357. The highest BCUT2D eigenvalue weighted by atomic mass is 79.9. The lowest BCUT2D eigenvalue weighted by molar-refractivity contribution is 0.465. The number of imidazole rings is 1. The fourth-order valence-corrected chi connectivity index (χ4v) is 3.06. The summed E-state index contributed by atoms with van der Waals surface area (Å²) in [7, 11) is 0. The van der Waals surface area contributed by atoms with Gasteiger partial charge in [-0.05, 0) is 31.5 Å². The smallest absolute Gasteiger partial charge is 0.110 e. The topological polar surface area (TPSA) is 43.8 Å². The molecule has 5 heteroatoms. The molecule has 2 N–H and O–H groups in total. The van der Waals surface area contributed by atoms with Crippen molar-refractivity contribution in [3.63, 3.8) is 0 Å². The largest absolute Gasteiger partial charge is 0.335 e. The predicted octanol–water partition coefficient (Wildman–Crippen LogP) is 3.74. The molecule has 0 radical (unpaired) electrons. The number of halogens is 2. The van der Waals surface area contributed by atoms with Crippen molar-refractivity contribution in [2.24, 2.45) is 5.73 Å². The maximum absolute atomic E-state index is 6.45. The minimum absolute atomic E-state index is 0.546. The van der Waals surface area contributed by atoms with Crippen LogP contribution in [-0.4, -0.2) is 9.55 Å². The lowest BCUT2D eigenvalue weighted by Gasteiger charge is -2.26. The highest BCUT2D eigenvalue weighted by molar-refractivity contribution is 9.10. The van der Waals surface area contributed by atoms with Crippen LogP contribution in [0.2, 0.25) is 5.02 Å². The van der Waals surface area contributed by atoms with Gasteiger partial charge in [-0.25, -0.2) is 4.98 Å². The first kappa shape index (κ1) is 14.6. The standard InChI is InChI=1S/C14H17BrClN3/c1-3-19-7-6-18-13(19)9-14(2,17)11-5-4-10(15)8-12(11)16/h4-8H,3,9,17H2,1-2H3. The molecular formula is C14H17BrClN3. The van der Waals surface area contributed by atoms with E-state index < -0.39 is 5.54 Å². The number of hydrogen-bond donors (Lipinski definition) is 1. The summed E-state index contributed by atoms with van der Waals surface area (Å²) >= 11 is 9.70. The van der Waals surface area contributed by atoms with Crippen LogP contribution in [0.5, 0.6) is 0 Å². The Morgan fingerprint density at radius 1 is 1.47 bits per heavy atom. The molecule has 1 aromatic heterocycles. The molecule has 0 spiro atoms. The lowest BCUT2D eigenvalue weighted by Crippen LogP contribution is -2.36. The summed E-state index contributed by atoms with van der Waals surface area (Å²) in [5, 5.41) is 0.675. The molecule has 0 bridgehead atoms. The summed E-state index contributed by atoms with van der Waals surface area (Å²) < 4.78 is 3.05. The molecule has 1 heterocycles. The zero-order valence-corrected chi connectivity index (χ0v) is 13.4. The Kier molecular flexibility index (Phi) is 4.33. The Morgan fingerprint density at radius 3 is 2.84 bits per heavy atom. The van der Waals surface area contributed by atoms with Crippen molar-refractivity contribution in [3.05, 3.63) is 51.5 Å². The monoisotopic (exact) mass is 341 g/mol. The molecule has 2 rings (SSSR count). The number of benzene rings is 1. The first-order valence-corrected chi connectivity index (χ1v) is 7.35. The van der Waals surface area contributed by atoms with Crippen molar-refractivity contribution in [1.82, 2.24) is 9.55 Å². The summed E-state index contributed by atoms with van der Waals surface area (Å²) in [6.07, 6.45) is 4.42. The van der Waals surface area contributed by atoms with E-state index in [1.807, 2.05) is 31.3 Å². The Hall–Kier alpha value is -0.840. The lowest BCUT2D eigenvalue weighted by atomic mass is 9.89. The molecule has 1 atom stereocenters. The quantitative estimate of drug-likeness (QED) is 0.920. The van der Waals surface area contributed by atoms with E-state index in [-0.39, 0.29) is 0 Å². The van der Waals surface area contributed by atoms with E-state index >= 15 is 0 Å². The second kappa shape index (κ2) is 5.65. The molecule has 0 amide bonds. The summed E-state index contributed by atoms with van der Waals surface area (Å²) in [5.74, 6) is 0.978. The average molecular weight is 343 g/mol. The summed E-state index contributed by atoms with van der Waals surface area (Å²) in [5.41, 5.74) is 6.84. The third kappa shape index (κ3) is 3.19. The van der Waals surface area contributed by atoms with E-state index in [9.17, 15) is 0 Å². The second-order valence-corrected chi connectivity index (χ2v) is 6.17. The molecule has 3 nitrogen and oxygen atoms in total. The predicted molar refractivity (Wildman–Crippen MR) is 82.3 cm³/mol. The first-order chi connectivity index (χ1) is 8.94. The van der Waals surface area contributed by atoms with Crippen LogP contribution in [0.4, 0.5) is 0 Å². The van der Waals surface area contributed by atoms with Crippen molar-refractivity contribution >= 4 is 27.5 Å². The Morgan fingerprint density at radius 2 is 2.21 bits per heavy atom. The van der Waals surface area contributed by atoms with Gasteiger partial charge in [0.15, 0.2) is 0 Å². The van der Waals surface area contributed by atoms with Gasteiger partial charge in [0.2, 0.25) is 0 Å². The fourth-order valence-electron chi connectivity index (χ4n) is 2.17. The van der Waals surface area contributed by atoms with Crippen LogP contribution in [0.3, 0.4) is 0 Å². The van der Waals surface area contributed by atoms with Crippen LogP contribution in [0.25, 0.3) is 0 Å². The molecule has 102 valence electrons. The van der Waals surface area contributed by atoms with Gasteiger partial charge in [-0.15, -0.1) is 0 Å². The molecule has 0 aliphatic carbocycles. The normalized spacial score (nSPS) is 14.4. The maximum Gasteiger partial charge on any atom is 0.110 e. The van der Waals surface area contributed by atoms with Gasteiger partial charge < -0.3 is 10.3 Å². The number of hydrogen-bond acceptors (Lipinski definition) is 2. The van der Waals surface area contributed by atoms with Crippen molar-refractivity contribution < 1.29 is 0 Å². The second-order valence-electron chi connectivity index (χ2n) is 4.85. The Bertz CT molecular complexity index is 578. The van der Waals surface area contributed by atoms with Crippen molar-refractivity contribution in [2.75, 3.05) is 0 Å². The van der Waals surface area contributed by atoms with Gasteiger partial charge in [0.1, 0.15) is 5.82 Å². The van der Waals surface area contributed by atoms with Crippen molar-refractivity contribution in [3.8, 4) is 0 Å². The summed E-state index contributed by atoms with van der Waals surface area (Å²) in [4.78, 5) is 4.38. The zero-order chi connectivity index (χ0) is 14.0. The van der Waals surface area contributed by atoms with Crippen LogP contribution in [0, 0.1) is 0 Å². The Labute approximate surface area is 126 Å². The third-order valence-corrected chi connectivity index (χ3v) is 4.02. The van der Waals surface area contributed by atoms with Crippen LogP contribution in [0.1, 0.15) is 25.2 Å². The number of rotatable bonds is 4. The molecule has 0 saturated carbocycles. The van der Waals surface area contributed by atoms with Gasteiger partial charge in [0, 0.05) is 40.4 Å². The third-order valence-electron chi connectivity index (χ3n) is 3.21. The van der Waals surface area contributed by atoms with Crippen LogP contribution in [0.15, 0.2) is 35.1 Å². The van der Waals surface area contributed by atoms with Gasteiger partial charge >= 0.3 is 0 Å². The van der Waals surface area contributed by atoms with E-state index in [2.05, 4.69) is 32.4 Å². The molecule has 0 saturated heterocycles. The van der Waals surface area contributed by atoms with E-state index in [0.29, 0.717) is 11.4 Å². The molecule has 1 aromatic carbocycles. The summed E-state index contributed by atoms with van der Waals surface area (Å²) in [6, 6.07) is 5.79. The van der Waals surface area contributed by atoms with Crippen LogP contribution < -0.4 is 5.73 Å². The van der Waals surface area contributed by atoms with Crippen LogP contribution in [-0.2, 0) is 18.5 Å². The van der Waals surface area contributed by atoms with E-state index in [1.54, 1.807) is 6.20 Å². The maximum atomic E-state index is 6.45. The van der Waals surface area contributed by atoms with Gasteiger partial charge in [-0.3, -0.25) is 0 Å². The molecule has 0 aliphatic heterocycles. The highest BCUT2D eigenvalue weighted by Crippen LogP contribution is 2.31. The molecule has 19 heavy (non-hydrogen) atoms. The van der Waals surface area contributed by atoms with Gasteiger partial charge in [0.25, 0.3) is 0 Å². The van der Waals surface area contributed by atoms with E-state index in [1.165, 1.54) is 0 Å². The van der Waals surface area contributed by atoms with E-state index in [4.69, 9.17) is 17.3 Å². The first-order valence-electron chi connectivity index (χ1n) is 6.18. The minimum Gasteiger partial charge on any atom is -0.335 e. The van der Waals surface area contributed by atoms with Gasteiger partial charge in [-0.1, -0.05) is 33.6 Å². The minimum atomic E-state index is -0.546. The van der Waals surface area contributed by atoms with Crippen LogP contribution >= 0.6 is 27.5 Å². The molecule has 0 fully saturated rings. The number of nitrogens with zero attached hydrogens (tertiary/aromatic N) is 2. The highest BCUT2D eigenvalue weighted by Gasteiger charge is 2.26. The SMILES string of the molecule is CCn1ccnc1CC(C)(N)c1ccc(Br)cc1Cl. The average Bonchev–Trinajstić information content (AvgIpc) is 2.74. The molecule has 2 aromatic rings. The molecule has 1 unspecified atom stereocenters. The zero-order valence-electron chi connectivity index (χ0n) is 11.0. The molecular weight excluding hydrogens is 326 g/mol. The number of aromatic nitrogens is 2. The molecule has 0 aliphatic rings. The summed E-state index contributed by atoms with van der Waals surface area (Å²) in [6.45, 7) is 4.96.